The highest BCUT2D eigenvalue weighted by molar-refractivity contribution is 6.03. The number of carbonyl (C=O) groups excluding carboxylic acids is 1. The van der Waals surface area contributed by atoms with Crippen molar-refractivity contribution in [3.63, 3.8) is 0 Å². The summed E-state index contributed by atoms with van der Waals surface area (Å²) in [5, 5.41) is 6.21. The van der Waals surface area contributed by atoms with Crippen LogP contribution < -0.4 is 10.6 Å². The third kappa shape index (κ3) is 4.30. The van der Waals surface area contributed by atoms with E-state index in [1.807, 2.05) is 42.5 Å². The lowest BCUT2D eigenvalue weighted by Gasteiger charge is -2.22. The first-order valence-electron chi connectivity index (χ1n) is 8.56. The average molecular weight is 349 g/mol. The number of pyridine rings is 1. The minimum absolute atomic E-state index is 0.0657. The molecule has 0 aliphatic heterocycles. The van der Waals surface area contributed by atoms with Gasteiger partial charge in [0.2, 0.25) is 0 Å². The van der Waals surface area contributed by atoms with Crippen molar-refractivity contribution in [1.82, 2.24) is 4.98 Å². The van der Waals surface area contributed by atoms with Gasteiger partial charge in [-0.15, -0.1) is 0 Å². The molecule has 26 heavy (non-hydrogen) atoms. The maximum Gasteiger partial charge on any atom is 0.274 e. The van der Waals surface area contributed by atoms with Gasteiger partial charge in [-0.3, -0.25) is 9.78 Å². The van der Waals surface area contributed by atoms with E-state index in [0.717, 1.165) is 22.7 Å². The van der Waals surface area contributed by atoms with E-state index in [1.165, 1.54) is 0 Å². The lowest BCUT2D eigenvalue weighted by atomic mass is 9.86. The van der Waals surface area contributed by atoms with Crippen molar-refractivity contribution in [2.45, 2.75) is 32.7 Å². The molecule has 3 rings (SSSR count). The number of hydrogen-bond donors (Lipinski definition) is 2. The van der Waals surface area contributed by atoms with E-state index in [1.54, 1.807) is 18.5 Å². The molecule has 1 aromatic carbocycles. The van der Waals surface area contributed by atoms with E-state index in [2.05, 4.69) is 36.4 Å². The standard InChI is InChI=1S/C21H23N3O2/c1-21(2,3)17-8-4-5-9-18(17)24-20(25)19-13-15(10-11-22-19)23-14-16-7-6-12-26-16/h4-13H,14H2,1-3H3,(H,22,23)(H,24,25). The molecule has 0 bridgehead atoms. The lowest BCUT2D eigenvalue weighted by molar-refractivity contribution is 0.102. The molecule has 3 aromatic rings. The fourth-order valence-corrected chi connectivity index (χ4v) is 2.70. The Balaban J connectivity index is 1.74. The molecule has 0 fully saturated rings. The first-order valence-corrected chi connectivity index (χ1v) is 8.56. The smallest absolute Gasteiger partial charge is 0.274 e. The Hall–Kier alpha value is -3.08. The van der Waals surface area contributed by atoms with E-state index in [9.17, 15) is 4.79 Å². The zero-order valence-electron chi connectivity index (χ0n) is 15.2. The maximum absolute atomic E-state index is 12.7. The van der Waals surface area contributed by atoms with Crippen LogP contribution in [0.3, 0.4) is 0 Å². The third-order valence-corrected chi connectivity index (χ3v) is 4.02. The maximum atomic E-state index is 12.7. The van der Waals surface area contributed by atoms with Crippen molar-refractivity contribution in [3.05, 3.63) is 78.0 Å². The molecule has 0 aliphatic carbocycles. The molecular formula is C21H23N3O2. The summed E-state index contributed by atoms with van der Waals surface area (Å²) in [6, 6.07) is 15.1. The minimum Gasteiger partial charge on any atom is -0.467 e. The van der Waals surface area contributed by atoms with Crippen LogP contribution in [0.1, 0.15) is 42.6 Å². The third-order valence-electron chi connectivity index (χ3n) is 4.02. The Morgan fingerprint density at radius 2 is 1.92 bits per heavy atom. The molecule has 0 saturated carbocycles. The summed E-state index contributed by atoms with van der Waals surface area (Å²) in [6.07, 6.45) is 3.25. The summed E-state index contributed by atoms with van der Waals surface area (Å²) in [6.45, 7) is 6.91. The second-order valence-corrected chi connectivity index (χ2v) is 7.11. The normalized spacial score (nSPS) is 11.2. The first-order chi connectivity index (χ1) is 12.4. The van der Waals surface area contributed by atoms with E-state index in [0.29, 0.717) is 12.2 Å². The number of nitrogens with zero attached hydrogens (tertiary/aromatic N) is 1. The van der Waals surface area contributed by atoms with Gasteiger partial charge in [0.15, 0.2) is 0 Å². The molecule has 2 heterocycles. The van der Waals surface area contributed by atoms with Gasteiger partial charge < -0.3 is 15.1 Å². The predicted molar refractivity (Wildman–Crippen MR) is 103 cm³/mol. The monoisotopic (exact) mass is 349 g/mol. The van der Waals surface area contributed by atoms with E-state index in [-0.39, 0.29) is 11.3 Å². The van der Waals surface area contributed by atoms with Crippen LogP contribution in [0.5, 0.6) is 0 Å². The van der Waals surface area contributed by atoms with Crippen molar-refractivity contribution in [1.29, 1.82) is 0 Å². The first kappa shape index (κ1) is 17.7. The number of amides is 1. The molecule has 2 aromatic heterocycles. The quantitative estimate of drug-likeness (QED) is 0.692. The topological polar surface area (TPSA) is 67.2 Å². The summed E-state index contributed by atoms with van der Waals surface area (Å²) in [5.74, 6) is 0.593. The largest absolute Gasteiger partial charge is 0.467 e. The number of aromatic nitrogens is 1. The van der Waals surface area contributed by atoms with Gasteiger partial charge in [-0.05, 0) is 41.3 Å². The highest BCUT2D eigenvalue weighted by atomic mass is 16.3. The van der Waals surface area contributed by atoms with Crippen LogP contribution in [-0.4, -0.2) is 10.9 Å². The Morgan fingerprint density at radius 1 is 1.12 bits per heavy atom. The van der Waals surface area contributed by atoms with Crippen molar-refractivity contribution < 1.29 is 9.21 Å². The number of nitrogens with one attached hydrogen (secondary N) is 2. The number of furan rings is 1. The molecular weight excluding hydrogens is 326 g/mol. The van der Waals surface area contributed by atoms with E-state index in [4.69, 9.17) is 4.42 Å². The van der Waals surface area contributed by atoms with Crippen LogP contribution in [0.4, 0.5) is 11.4 Å². The number of hydrogen-bond acceptors (Lipinski definition) is 4. The van der Waals surface area contributed by atoms with Gasteiger partial charge in [0.1, 0.15) is 11.5 Å². The molecule has 0 aliphatic rings. The summed E-state index contributed by atoms with van der Waals surface area (Å²) in [7, 11) is 0. The zero-order valence-corrected chi connectivity index (χ0v) is 15.2. The highest BCUT2D eigenvalue weighted by Crippen LogP contribution is 2.29. The van der Waals surface area contributed by atoms with Gasteiger partial charge in [-0.25, -0.2) is 0 Å². The Kier molecular flexibility index (Phi) is 5.07. The molecule has 5 heteroatoms. The Morgan fingerprint density at radius 3 is 2.65 bits per heavy atom. The average Bonchev–Trinajstić information content (AvgIpc) is 3.13. The predicted octanol–water partition coefficient (Wildman–Crippen LogP) is 4.84. The Labute approximate surface area is 153 Å². The number of carbonyl (C=O) groups is 1. The number of para-hydroxylation sites is 1. The van der Waals surface area contributed by atoms with Crippen LogP contribution in [-0.2, 0) is 12.0 Å². The molecule has 0 saturated heterocycles. The van der Waals surface area contributed by atoms with Crippen molar-refractivity contribution in [2.75, 3.05) is 10.6 Å². The minimum atomic E-state index is -0.233. The van der Waals surface area contributed by atoms with Gasteiger partial charge in [-0.2, -0.15) is 0 Å². The van der Waals surface area contributed by atoms with Crippen LogP contribution in [0.25, 0.3) is 0 Å². The van der Waals surface area contributed by atoms with Crippen molar-refractivity contribution in [2.24, 2.45) is 0 Å². The fraction of sp³-hybridized carbons (Fsp3) is 0.238. The fourth-order valence-electron chi connectivity index (χ4n) is 2.70. The zero-order chi connectivity index (χ0) is 18.6. The molecule has 134 valence electrons. The van der Waals surface area contributed by atoms with Crippen LogP contribution in [0, 0.1) is 0 Å². The van der Waals surface area contributed by atoms with Gasteiger partial charge in [-0.1, -0.05) is 39.0 Å². The van der Waals surface area contributed by atoms with Gasteiger partial charge in [0.25, 0.3) is 5.91 Å². The summed E-state index contributed by atoms with van der Waals surface area (Å²) < 4.78 is 5.30. The van der Waals surface area contributed by atoms with E-state index >= 15 is 0 Å². The van der Waals surface area contributed by atoms with Crippen LogP contribution in [0.15, 0.2) is 65.4 Å². The Bertz CT molecular complexity index is 880. The molecule has 2 N–H and O–H groups in total. The number of anilines is 2. The molecule has 0 unspecified atom stereocenters. The summed E-state index contributed by atoms with van der Waals surface area (Å²) >= 11 is 0. The second kappa shape index (κ2) is 7.44. The SMILES string of the molecule is CC(C)(C)c1ccccc1NC(=O)c1cc(NCc2ccco2)ccn1. The van der Waals surface area contributed by atoms with E-state index < -0.39 is 0 Å². The second-order valence-electron chi connectivity index (χ2n) is 7.11. The molecule has 5 nitrogen and oxygen atoms in total. The molecule has 0 atom stereocenters. The van der Waals surface area contributed by atoms with Crippen molar-refractivity contribution in [3.8, 4) is 0 Å². The van der Waals surface area contributed by atoms with Crippen LogP contribution in [0.2, 0.25) is 0 Å². The van der Waals surface area contributed by atoms with Gasteiger partial charge in [0.05, 0.1) is 12.8 Å². The van der Waals surface area contributed by atoms with Crippen LogP contribution >= 0.6 is 0 Å². The van der Waals surface area contributed by atoms with Crippen molar-refractivity contribution >= 4 is 17.3 Å². The molecule has 1 amide bonds. The summed E-state index contributed by atoms with van der Waals surface area (Å²) in [4.78, 5) is 16.9. The lowest BCUT2D eigenvalue weighted by Crippen LogP contribution is -2.19. The highest BCUT2D eigenvalue weighted by Gasteiger charge is 2.19. The van der Waals surface area contributed by atoms with Gasteiger partial charge in [0, 0.05) is 17.6 Å². The molecule has 0 spiro atoms. The molecule has 0 radical (unpaired) electrons. The van der Waals surface area contributed by atoms with Gasteiger partial charge >= 0.3 is 0 Å². The number of benzene rings is 1. The summed E-state index contributed by atoms with van der Waals surface area (Å²) in [5.41, 5.74) is 2.99. The number of rotatable bonds is 5.